The number of rotatable bonds is 4. The first-order valence-corrected chi connectivity index (χ1v) is 8.66. The summed E-state index contributed by atoms with van der Waals surface area (Å²) in [5, 5.41) is 0.726. The molecule has 2 aromatic carbocycles. The Hall–Kier alpha value is -2.80. The van der Waals surface area contributed by atoms with Gasteiger partial charge in [-0.25, -0.2) is 8.42 Å². The van der Waals surface area contributed by atoms with Crippen LogP contribution in [0.15, 0.2) is 64.3 Å². The highest BCUT2D eigenvalue weighted by Crippen LogP contribution is 2.31. The molecular formula is C17H16N2O4S. The summed E-state index contributed by atoms with van der Waals surface area (Å²) < 4.78 is 34.3. The fraction of sp³-hybridized carbons (Fsp3) is 0.118. The molecule has 24 heavy (non-hydrogen) atoms. The Kier molecular flexibility index (Phi) is 4.02. The van der Waals surface area contributed by atoms with Crippen LogP contribution in [0.2, 0.25) is 0 Å². The van der Waals surface area contributed by atoms with Gasteiger partial charge in [-0.1, -0.05) is 18.2 Å². The van der Waals surface area contributed by atoms with Crippen molar-refractivity contribution in [2.45, 2.75) is 4.90 Å². The van der Waals surface area contributed by atoms with Gasteiger partial charge >= 0.3 is 0 Å². The summed E-state index contributed by atoms with van der Waals surface area (Å²) in [6.45, 7) is 0. The first-order valence-electron chi connectivity index (χ1n) is 7.18. The molecule has 0 radical (unpaired) electrons. The third kappa shape index (κ3) is 2.85. The highest BCUT2D eigenvalue weighted by atomic mass is 32.2. The third-order valence-electron chi connectivity index (χ3n) is 3.74. The Balaban J connectivity index is 2.13. The summed E-state index contributed by atoms with van der Waals surface area (Å²) in [6.07, 6.45) is 0. The van der Waals surface area contributed by atoms with E-state index in [0.717, 1.165) is 5.39 Å². The molecule has 3 aromatic rings. The minimum Gasteiger partial charge on any atom is -0.494 e. The molecule has 0 amide bonds. The van der Waals surface area contributed by atoms with Crippen LogP contribution in [0, 0.1) is 0 Å². The average Bonchev–Trinajstić information content (AvgIpc) is 2.58. The Bertz CT molecular complexity index is 1060. The average molecular weight is 344 g/mol. The van der Waals surface area contributed by atoms with E-state index in [1.165, 1.54) is 29.9 Å². The third-order valence-corrected chi connectivity index (χ3v) is 5.13. The number of hydrogen-bond donors (Lipinski definition) is 1. The number of hydrogen-bond acceptors (Lipinski definition) is 4. The zero-order valence-corrected chi connectivity index (χ0v) is 14.0. The minimum absolute atomic E-state index is 0.151. The quantitative estimate of drug-likeness (QED) is 0.788. The van der Waals surface area contributed by atoms with Crippen molar-refractivity contribution in [2.75, 3.05) is 11.8 Å². The molecule has 0 saturated carbocycles. The Labute approximate surface area is 139 Å². The maximum atomic E-state index is 12.5. The van der Waals surface area contributed by atoms with Crippen LogP contribution in [0.5, 0.6) is 5.75 Å². The summed E-state index contributed by atoms with van der Waals surface area (Å²) in [5.41, 5.74) is 0.816. The van der Waals surface area contributed by atoms with Gasteiger partial charge in [0.05, 0.1) is 23.2 Å². The first kappa shape index (κ1) is 16.1. The van der Waals surface area contributed by atoms with Crippen molar-refractivity contribution in [2.24, 2.45) is 7.05 Å². The van der Waals surface area contributed by atoms with Gasteiger partial charge < -0.3 is 9.30 Å². The van der Waals surface area contributed by atoms with Crippen LogP contribution in [0.1, 0.15) is 0 Å². The first-order chi connectivity index (χ1) is 11.4. The van der Waals surface area contributed by atoms with E-state index >= 15 is 0 Å². The van der Waals surface area contributed by atoms with Crippen molar-refractivity contribution in [1.29, 1.82) is 0 Å². The Morgan fingerprint density at radius 1 is 1.04 bits per heavy atom. The van der Waals surface area contributed by atoms with Gasteiger partial charge in [0, 0.05) is 24.6 Å². The molecule has 1 heterocycles. The molecule has 6 nitrogen and oxygen atoms in total. The van der Waals surface area contributed by atoms with Gasteiger partial charge in [-0.05, 0) is 24.3 Å². The lowest BCUT2D eigenvalue weighted by Crippen LogP contribution is -2.16. The Morgan fingerprint density at radius 2 is 1.75 bits per heavy atom. The fourth-order valence-electron chi connectivity index (χ4n) is 2.45. The van der Waals surface area contributed by atoms with E-state index in [1.807, 2.05) is 0 Å². The molecule has 3 rings (SSSR count). The SMILES string of the molecule is COc1cc2c(ccc(=O)n2C)cc1NS(=O)(=O)c1ccccc1. The number of nitrogens with zero attached hydrogens (tertiary/aromatic N) is 1. The smallest absolute Gasteiger partial charge is 0.262 e. The predicted molar refractivity (Wildman–Crippen MR) is 93.0 cm³/mol. The fourth-order valence-corrected chi connectivity index (χ4v) is 3.54. The minimum atomic E-state index is -3.73. The molecule has 0 atom stereocenters. The lowest BCUT2D eigenvalue weighted by Gasteiger charge is -2.14. The van der Waals surface area contributed by atoms with Crippen LogP contribution in [-0.2, 0) is 17.1 Å². The van der Waals surface area contributed by atoms with Crippen LogP contribution in [-0.4, -0.2) is 20.1 Å². The number of methoxy groups -OCH3 is 1. The van der Waals surface area contributed by atoms with E-state index in [9.17, 15) is 13.2 Å². The van der Waals surface area contributed by atoms with Crippen molar-refractivity contribution < 1.29 is 13.2 Å². The number of benzene rings is 2. The maximum Gasteiger partial charge on any atom is 0.262 e. The second-order valence-corrected chi connectivity index (χ2v) is 6.94. The molecule has 0 spiro atoms. The van der Waals surface area contributed by atoms with Gasteiger partial charge in [0.2, 0.25) is 0 Å². The molecule has 124 valence electrons. The molecule has 0 unspecified atom stereocenters. The lowest BCUT2D eigenvalue weighted by atomic mass is 10.2. The number of aromatic nitrogens is 1. The highest BCUT2D eigenvalue weighted by molar-refractivity contribution is 7.92. The Morgan fingerprint density at radius 3 is 2.42 bits per heavy atom. The van der Waals surface area contributed by atoms with Crippen molar-refractivity contribution >= 4 is 26.6 Å². The van der Waals surface area contributed by atoms with Gasteiger partial charge in [0.25, 0.3) is 15.6 Å². The highest BCUT2D eigenvalue weighted by Gasteiger charge is 2.17. The molecule has 0 aliphatic heterocycles. The van der Waals surface area contributed by atoms with Crippen molar-refractivity contribution in [3.63, 3.8) is 0 Å². The van der Waals surface area contributed by atoms with Crippen molar-refractivity contribution in [1.82, 2.24) is 4.57 Å². The van der Waals surface area contributed by atoms with Crippen LogP contribution in [0.25, 0.3) is 10.9 Å². The summed E-state index contributed by atoms with van der Waals surface area (Å²) in [6, 6.07) is 14.5. The molecule has 0 saturated heterocycles. The number of ether oxygens (including phenoxy) is 1. The van der Waals surface area contributed by atoms with Crippen LogP contribution in [0.4, 0.5) is 5.69 Å². The lowest BCUT2D eigenvalue weighted by molar-refractivity contribution is 0.417. The van der Waals surface area contributed by atoms with Gasteiger partial charge in [-0.2, -0.15) is 0 Å². The zero-order valence-electron chi connectivity index (χ0n) is 13.2. The second-order valence-electron chi connectivity index (χ2n) is 5.26. The molecular weight excluding hydrogens is 328 g/mol. The van der Waals surface area contributed by atoms with Gasteiger partial charge in [-0.15, -0.1) is 0 Å². The summed E-state index contributed by atoms with van der Waals surface area (Å²) in [7, 11) is -0.634. The van der Waals surface area contributed by atoms with E-state index in [4.69, 9.17) is 4.74 Å². The van der Waals surface area contributed by atoms with E-state index < -0.39 is 10.0 Å². The molecule has 1 aromatic heterocycles. The molecule has 0 bridgehead atoms. The van der Waals surface area contributed by atoms with Crippen LogP contribution < -0.4 is 15.0 Å². The molecule has 0 fully saturated rings. The molecule has 0 aliphatic carbocycles. The number of sulfonamides is 1. The van der Waals surface area contributed by atoms with E-state index in [-0.39, 0.29) is 10.5 Å². The van der Waals surface area contributed by atoms with Crippen molar-refractivity contribution in [3.8, 4) is 5.75 Å². The monoisotopic (exact) mass is 344 g/mol. The molecule has 0 aliphatic rings. The number of pyridine rings is 1. The summed E-state index contributed by atoms with van der Waals surface area (Å²) >= 11 is 0. The normalized spacial score (nSPS) is 11.4. The standard InChI is InChI=1S/C17H16N2O4S/c1-19-15-11-16(23-2)14(10-12(15)8-9-17(19)20)18-24(21,22)13-6-4-3-5-7-13/h3-11,18H,1-2H3. The van der Waals surface area contributed by atoms with E-state index in [2.05, 4.69) is 4.72 Å². The number of fused-ring (bicyclic) bond motifs is 1. The van der Waals surface area contributed by atoms with E-state index in [1.54, 1.807) is 43.4 Å². The topological polar surface area (TPSA) is 77.4 Å². The van der Waals surface area contributed by atoms with Gasteiger partial charge in [0.1, 0.15) is 5.75 Å². The predicted octanol–water partition coefficient (Wildman–Crippen LogP) is 2.35. The number of nitrogens with one attached hydrogen (secondary N) is 1. The largest absolute Gasteiger partial charge is 0.494 e. The number of aryl methyl sites for hydroxylation is 1. The zero-order chi connectivity index (χ0) is 17.3. The van der Waals surface area contributed by atoms with Crippen molar-refractivity contribution in [3.05, 3.63) is 65.0 Å². The maximum absolute atomic E-state index is 12.5. The van der Waals surface area contributed by atoms with Crippen LogP contribution >= 0.6 is 0 Å². The van der Waals surface area contributed by atoms with Crippen LogP contribution in [0.3, 0.4) is 0 Å². The molecule has 7 heteroatoms. The second kappa shape index (κ2) is 6.01. The number of anilines is 1. The summed E-state index contributed by atoms with van der Waals surface area (Å²) in [4.78, 5) is 11.9. The molecule has 1 N–H and O–H groups in total. The summed E-state index contributed by atoms with van der Waals surface area (Å²) in [5.74, 6) is 0.336. The van der Waals surface area contributed by atoms with E-state index in [0.29, 0.717) is 17.0 Å². The van der Waals surface area contributed by atoms with Gasteiger partial charge in [0.15, 0.2) is 0 Å². The van der Waals surface area contributed by atoms with Gasteiger partial charge in [-0.3, -0.25) is 9.52 Å².